The number of thiol groups is 1. The first-order valence-electron chi connectivity index (χ1n) is 5.17. The van der Waals surface area contributed by atoms with Crippen LogP contribution in [0.25, 0.3) is 0 Å². The van der Waals surface area contributed by atoms with Crippen molar-refractivity contribution in [2.45, 2.75) is 10.1 Å². The first-order valence-corrected chi connectivity index (χ1v) is 9.14. The lowest BCUT2D eigenvalue weighted by atomic mass is 10.4. The molecule has 0 saturated carbocycles. The summed E-state index contributed by atoms with van der Waals surface area (Å²) in [4.78, 5) is 5.06. The summed E-state index contributed by atoms with van der Waals surface area (Å²) in [6, 6.07) is 7.62. The average Bonchev–Trinajstić information content (AvgIpc) is 2.89. The van der Waals surface area contributed by atoms with Crippen LogP contribution in [0.1, 0.15) is 0 Å². The lowest BCUT2D eigenvalue weighted by Gasteiger charge is -2.15. The second-order valence-electron chi connectivity index (χ2n) is 3.81. The Balaban J connectivity index is 2.18. The minimum absolute atomic E-state index is 0.00759. The Kier molecular flexibility index (Phi) is 3.15. The number of hydrogen-bond donors (Lipinski definition) is 2. The van der Waals surface area contributed by atoms with Crippen molar-refractivity contribution in [3.63, 3.8) is 0 Å². The zero-order valence-electron chi connectivity index (χ0n) is 9.43. The number of benzene rings is 1. The van der Waals surface area contributed by atoms with Crippen LogP contribution in [0, 0.1) is 3.57 Å². The summed E-state index contributed by atoms with van der Waals surface area (Å²) in [5.41, 5.74) is 0. The average molecular weight is 408 g/mol. The standard InChI is InChI=1S/C10H9IN4O2S2/c11-7-1-3-8(4-2-7)18-9-13-5-6-15(9)14-10(18)19(12,16)17/h1-6,18H,(H2,12,16,17). The molecule has 0 amide bonds. The third kappa shape index (κ3) is 2.30. The highest BCUT2D eigenvalue weighted by atomic mass is 127. The molecule has 2 N–H and O–H groups in total. The molecule has 1 aromatic carbocycles. The first kappa shape index (κ1) is 13.1. The summed E-state index contributed by atoms with van der Waals surface area (Å²) in [5, 5.41) is 9.93. The zero-order chi connectivity index (χ0) is 13.6. The van der Waals surface area contributed by atoms with Gasteiger partial charge in [0.1, 0.15) is 0 Å². The quantitative estimate of drug-likeness (QED) is 0.551. The van der Waals surface area contributed by atoms with Crippen LogP contribution >= 0.6 is 33.5 Å². The Morgan fingerprint density at radius 3 is 2.58 bits per heavy atom. The van der Waals surface area contributed by atoms with E-state index < -0.39 is 20.9 Å². The van der Waals surface area contributed by atoms with Gasteiger partial charge in [-0.3, -0.25) is 0 Å². The number of nitrogens with two attached hydrogens (primary N) is 1. The molecular weight excluding hydrogens is 399 g/mol. The normalized spacial score (nSPS) is 20.1. The lowest BCUT2D eigenvalue weighted by molar-refractivity contribution is 0.609. The molecule has 1 unspecified atom stereocenters. The van der Waals surface area contributed by atoms with Crippen LogP contribution < -0.4 is 5.14 Å². The predicted octanol–water partition coefficient (Wildman–Crippen LogP) is 1.33. The molecule has 3 rings (SSSR count). The van der Waals surface area contributed by atoms with E-state index in [1.165, 1.54) is 4.68 Å². The molecule has 0 saturated heterocycles. The van der Waals surface area contributed by atoms with Gasteiger partial charge in [0.15, 0.2) is 5.16 Å². The molecule has 0 fully saturated rings. The van der Waals surface area contributed by atoms with E-state index in [0.29, 0.717) is 5.16 Å². The number of primary sulfonamides is 1. The van der Waals surface area contributed by atoms with Gasteiger partial charge in [0.2, 0.25) is 4.38 Å². The third-order valence-electron chi connectivity index (χ3n) is 2.53. The van der Waals surface area contributed by atoms with Crippen LogP contribution in [0.15, 0.2) is 51.8 Å². The number of aromatic nitrogens is 2. The number of hydrogen-bond acceptors (Lipinski definition) is 4. The highest BCUT2D eigenvalue weighted by Crippen LogP contribution is 2.49. The first-order chi connectivity index (χ1) is 8.97. The molecule has 1 aliphatic rings. The number of imidazole rings is 1. The van der Waals surface area contributed by atoms with Crippen LogP contribution in [0.4, 0.5) is 0 Å². The monoisotopic (exact) mass is 408 g/mol. The van der Waals surface area contributed by atoms with Crippen molar-refractivity contribution in [2.24, 2.45) is 10.2 Å². The SMILES string of the molecule is NS(=O)(=O)C1=Nn2ccnc2[SH]1c1ccc(I)cc1. The maximum Gasteiger partial charge on any atom is 0.262 e. The molecule has 9 heteroatoms. The van der Waals surface area contributed by atoms with Gasteiger partial charge in [-0.1, -0.05) is 0 Å². The van der Waals surface area contributed by atoms with Crippen molar-refractivity contribution in [3.8, 4) is 0 Å². The molecule has 1 aliphatic heterocycles. The Labute approximate surface area is 126 Å². The van der Waals surface area contributed by atoms with Gasteiger partial charge in [-0.05, 0) is 46.9 Å². The van der Waals surface area contributed by atoms with Crippen molar-refractivity contribution < 1.29 is 8.42 Å². The van der Waals surface area contributed by atoms with Crippen LogP contribution in [-0.4, -0.2) is 22.5 Å². The maximum absolute atomic E-state index is 11.7. The van der Waals surface area contributed by atoms with Crippen molar-refractivity contribution in [2.75, 3.05) is 0 Å². The summed E-state index contributed by atoms with van der Waals surface area (Å²) in [5.74, 6) is 0. The van der Waals surface area contributed by atoms with E-state index in [9.17, 15) is 8.42 Å². The van der Waals surface area contributed by atoms with Crippen LogP contribution in [-0.2, 0) is 10.0 Å². The topological polar surface area (TPSA) is 90.3 Å². The van der Waals surface area contributed by atoms with Gasteiger partial charge < -0.3 is 0 Å². The van der Waals surface area contributed by atoms with E-state index in [0.717, 1.165) is 8.47 Å². The fraction of sp³-hybridized carbons (Fsp3) is 0. The third-order valence-corrected chi connectivity index (χ3v) is 7.15. The number of rotatable bonds is 1. The highest BCUT2D eigenvalue weighted by molar-refractivity contribution is 14.1. The molecule has 1 aromatic heterocycles. The van der Waals surface area contributed by atoms with Gasteiger partial charge in [0.25, 0.3) is 10.0 Å². The molecule has 2 aromatic rings. The summed E-state index contributed by atoms with van der Waals surface area (Å²) in [6.07, 6.45) is 3.22. The molecule has 1 atom stereocenters. The molecule has 0 radical (unpaired) electrons. The molecular formula is C10H9IN4O2S2. The molecule has 6 nitrogen and oxygen atoms in total. The predicted molar refractivity (Wildman–Crippen MR) is 82.8 cm³/mol. The van der Waals surface area contributed by atoms with Gasteiger partial charge in [-0.25, -0.2) is 23.2 Å². The van der Waals surface area contributed by atoms with Gasteiger partial charge in [-0.15, -0.1) is 16.0 Å². The van der Waals surface area contributed by atoms with E-state index in [1.54, 1.807) is 12.4 Å². The fourth-order valence-corrected chi connectivity index (χ4v) is 5.64. The number of fused-ring (bicyclic) bond motifs is 1. The number of nitrogens with zero attached hydrogens (tertiary/aromatic N) is 3. The summed E-state index contributed by atoms with van der Waals surface area (Å²) >= 11 is 2.19. The van der Waals surface area contributed by atoms with Crippen molar-refractivity contribution >= 4 is 47.9 Å². The Morgan fingerprint density at radius 1 is 1.26 bits per heavy atom. The van der Waals surface area contributed by atoms with Gasteiger partial charge in [-0.2, -0.15) is 0 Å². The van der Waals surface area contributed by atoms with E-state index in [2.05, 4.69) is 32.7 Å². The smallest absolute Gasteiger partial charge is 0.230 e. The molecule has 19 heavy (non-hydrogen) atoms. The minimum Gasteiger partial charge on any atom is -0.230 e. The highest BCUT2D eigenvalue weighted by Gasteiger charge is 2.33. The van der Waals surface area contributed by atoms with E-state index in [4.69, 9.17) is 5.14 Å². The Morgan fingerprint density at radius 2 is 1.95 bits per heavy atom. The van der Waals surface area contributed by atoms with Crippen molar-refractivity contribution in [3.05, 3.63) is 40.2 Å². The minimum atomic E-state index is -3.83. The van der Waals surface area contributed by atoms with Crippen molar-refractivity contribution in [1.29, 1.82) is 0 Å². The molecule has 100 valence electrons. The van der Waals surface area contributed by atoms with E-state index in [-0.39, 0.29) is 4.38 Å². The van der Waals surface area contributed by atoms with Crippen LogP contribution in [0.5, 0.6) is 0 Å². The molecule has 0 bridgehead atoms. The summed E-state index contributed by atoms with van der Waals surface area (Å²) < 4.78 is 25.9. The largest absolute Gasteiger partial charge is 0.262 e. The van der Waals surface area contributed by atoms with E-state index in [1.807, 2.05) is 24.3 Å². The molecule has 0 spiro atoms. The maximum atomic E-state index is 11.7. The zero-order valence-corrected chi connectivity index (χ0v) is 13.3. The van der Waals surface area contributed by atoms with Gasteiger partial charge >= 0.3 is 0 Å². The van der Waals surface area contributed by atoms with E-state index >= 15 is 0 Å². The molecule has 0 aliphatic carbocycles. The lowest BCUT2D eigenvalue weighted by Crippen LogP contribution is -2.22. The van der Waals surface area contributed by atoms with Crippen LogP contribution in [0.2, 0.25) is 0 Å². The van der Waals surface area contributed by atoms with Gasteiger partial charge in [0, 0.05) is 20.9 Å². The fourth-order valence-electron chi connectivity index (χ4n) is 1.75. The second kappa shape index (κ2) is 4.58. The molecule has 2 heterocycles. The number of sulfonamides is 1. The second-order valence-corrected chi connectivity index (χ2v) is 8.85. The van der Waals surface area contributed by atoms with Crippen molar-refractivity contribution in [1.82, 2.24) is 9.66 Å². The van der Waals surface area contributed by atoms with Crippen LogP contribution in [0.3, 0.4) is 0 Å². The Hall–Kier alpha value is -0.910. The van der Waals surface area contributed by atoms with Gasteiger partial charge in [0.05, 0.1) is 0 Å². The summed E-state index contributed by atoms with van der Waals surface area (Å²) in [7, 11) is -5.13. The summed E-state index contributed by atoms with van der Waals surface area (Å²) in [6.45, 7) is 0. The number of halogens is 1. The Bertz CT molecular complexity index is 767.